The van der Waals surface area contributed by atoms with E-state index in [1.54, 1.807) is 0 Å². The molecule has 0 bridgehead atoms. The third-order valence-electron chi connectivity index (χ3n) is 4.38. The summed E-state index contributed by atoms with van der Waals surface area (Å²) in [6.45, 7) is 0. The second kappa shape index (κ2) is 11.2. The molecule has 0 N–H and O–H groups in total. The van der Waals surface area contributed by atoms with Crippen molar-refractivity contribution in [2.75, 3.05) is 0 Å². The van der Waals surface area contributed by atoms with Gasteiger partial charge in [-0.25, -0.2) is 9.47 Å². The predicted molar refractivity (Wildman–Crippen MR) is 78.7 cm³/mol. The molecule has 0 saturated carbocycles. The normalized spacial score (nSPS) is 16.9. The number of rotatable bonds is 14. The molecule has 0 fully saturated rings. The molecule has 0 unspecified atom stereocenters. The summed E-state index contributed by atoms with van der Waals surface area (Å²) in [5, 5.41) is 0. The van der Waals surface area contributed by atoms with E-state index < -0.39 is 87.9 Å². The van der Waals surface area contributed by atoms with Gasteiger partial charge in [-0.1, -0.05) is 0 Å². The van der Waals surface area contributed by atoms with Gasteiger partial charge < -0.3 is 0 Å². The van der Waals surface area contributed by atoms with Crippen molar-refractivity contribution in [3.8, 4) is 0 Å². The van der Waals surface area contributed by atoms with Crippen molar-refractivity contribution in [1.29, 1.82) is 0 Å². The molecule has 0 aliphatic heterocycles. The average molecular weight is 800 g/mol. The molecule has 0 saturated heterocycles. The molecule has 0 heterocycles. The van der Waals surface area contributed by atoms with Gasteiger partial charge in [0.2, 0.25) is 0 Å². The van der Waals surface area contributed by atoms with E-state index in [1.165, 1.54) is 4.18 Å². The summed E-state index contributed by atoms with van der Waals surface area (Å²) in [7, 11) is -8.32. The minimum absolute atomic E-state index is 0.731. The molecule has 0 aromatic heterocycles. The predicted octanol–water partition coefficient (Wildman–Crippen LogP) is 8.22. The van der Waals surface area contributed by atoms with Gasteiger partial charge in [0.15, 0.2) is 0 Å². The zero-order valence-corrected chi connectivity index (χ0v) is 20.3. The minimum Gasteiger partial charge on any atom is -0.245 e. The van der Waals surface area contributed by atoms with Gasteiger partial charge in [0.05, 0.1) is 0 Å². The fourth-order valence-electron chi connectivity index (χ4n) is 1.91. The lowest BCUT2D eigenvalue weighted by Gasteiger charge is -2.40. The van der Waals surface area contributed by atoms with Crippen molar-refractivity contribution in [3.05, 3.63) is 0 Å². The fourth-order valence-corrected chi connectivity index (χ4v) is 2.38. The van der Waals surface area contributed by atoms with Crippen LogP contribution in [0.25, 0.3) is 0 Å². The van der Waals surface area contributed by atoms with Crippen LogP contribution in [0.15, 0.2) is 0 Å². The highest BCUT2D eigenvalue weighted by atomic mass is 32.2. The molecule has 284 valence electrons. The zero-order valence-electron chi connectivity index (χ0n) is 19.5. The van der Waals surface area contributed by atoms with E-state index in [2.05, 4.69) is 0 Å². The van der Waals surface area contributed by atoms with Crippen LogP contribution in [0, 0.1) is 0 Å². The molecule has 0 amide bonds. The van der Waals surface area contributed by atoms with Crippen LogP contribution in [0.3, 0.4) is 0 Å². The van der Waals surface area contributed by atoms with E-state index in [-0.39, 0.29) is 0 Å². The molecule has 0 rings (SSSR count). The van der Waals surface area contributed by atoms with Gasteiger partial charge in [-0.3, -0.25) is 0 Å². The number of ether oxygens (including phenoxy) is 2. The lowest BCUT2D eigenvalue weighted by atomic mass is 10.1. The highest BCUT2D eigenvalue weighted by Gasteiger charge is 2.91. The summed E-state index contributed by atoms with van der Waals surface area (Å²) in [5.74, 6) is -53.2. The fraction of sp³-hybridized carbons (Fsp3) is 1.00. The Morgan fingerprint density at radius 3 is 0.681 bits per heavy atom. The summed E-state index contributed by atoms with van der Waals surface area (Å²) < 4.78 is 386. The number of alkyl halides is 28. The zero-order chi connectivity index (χ0) is 39.1. The Labute approximate surface area is 234 Å². The molecule has 0 aliphatic carbocycles. The Kier molecular flexibility index (Phi) is 10.7. The number of hydrogen-bond acceptors (Lipinski definition) is 5. The molecule has 0 aromatic rings. The first-order chi connectivity index (χ1) is 19.6. The maximum Gasteiger partial charge on any atom is 0.523 e. The first-order valence-electron chi connectivity index (χ1n) is 9.27. The monoisotopic (exact) mass is 800 g/mol. The average Bonchev–Trinajstić information content (AvgIpc) is 2.74. The van der Waals surface area contributed by atoms with Crippen LogP contribution in [0.4, 0.5) is 123 Å². The molecule has 34 heteroatoms. The first-order valence-corrected chi connectivity index (χ1v) is 10.7. The molecule has 47 heavy (non-hydrogen) atoms. The van der Waals surface area contributed by atoms with Gasteiger partial charge in [0.1, 0.15) is 0 Å². The van der Waals surface area contributed by atoms with Gasteiger partial charge in [-0.15, -0.1) is 0 Å². The van der Waals surface area contributed by atoms with Crippen LogP contribution in [0.1, 0.15) is 0 Å². The van der Waals surface area contributed by atoms with Crippen molar-refractivity contribution in [2.24, 2.45) is 0 Å². The third-order valence-corrected chi connectivity index (χ3v) is 5.37. The van der Waals surface area contributed by atoms with Crippen LogP contribution in [-0.4, -0.2) is 86.2 Å². The lowest BCUT2D eigenvalue weighted by Crippen LogP contribution is -2.70. The van der Waals surface area contributed by atoms with E-state index in [0.717, 1.165) is 9.47 Å². The van der Waals surface area contributed by atoms with Crippen LogP contribution in [0.5, 0.6) is 0 Å². The first kappa shape index (κ1) is 44.9. The molecule has 0 spiro atoms. The van der Waals surface area contributed by atoms with Crippen LogP contribution in [0.2, 0.25) is 0 Å². The highest BCUT2D eigenvalue weighted by Crippen LogP contribution is 2.61. The van der Waals surface area contributed by atoms with Gasteiger partial charge in [0.25, 0.3) is 0 Å². The second-order valence-electron chi connectivity index (χ2n) is 7.72. The quantitative estimate of drug-likeness (QED) is 0.101. The highest BCUT2D eigenvalue weighted by molar-refractivity contribution is 7.87. The van der Waals surface area contributed by atoms with E-state index in [9.17, 15) is 131 Å². The SMILES string of the molecule is O=S(=O)(OC(F)(F)C(F)(F)C(F)(F)C(F)(F)OC(F)(F)C(F)(F)C(F)(F)C(F)(F)OC(F)(F)C(F)(F)C(F)(F)C(F)(F)F)C(F)(F)F. The maximum atomic E-state index is 13.5. The third kappa shape index (κ3) is 6.86. The number of halogens is 28. The van der Waals surface area contributed by atoms with E-state index >= 15 is 0 Å². The van der Waals surface area contributed by atoms with Crippen molar-refractivity contribution in [1.82, 2.24) is 0 Å². The molecule has 5 nitrogen and oxygen atoms in total. The van der Waals surface area contributed by atoms with Crippen LogP contribution in [-0.2, 0) is 23.8 Å². The molecular weight excluding hydrogens is 800 g/mol. The van der Waals surface area contributed by atoms with E-state index in [4.69, 9.17) is 0 Å². The Morgan fingerprint density at radius 1 is 0.298 bits per heavy atom. The largest absolute Gasteiger partial charge is 0.523 e. The molecular formula is C13F28O5S. The lowest BCUT2D eigenvalue weighted by molar-refractivity contribution is -0.547. The topological polar surface area (TPSA) is 61.8 Å². The summed E-state index contributed by atoms with van der Waals surface area (Å²) in [5.41, 5.74) is -7.35. The van der Waals surface area contributed by atoms with Gasteiger partial charge in [0, 0.05) is 0 Å². The second-order valence-corrected chi connectivity index (χ2v) is 9.25. The van der Waals surface area contributed by atoms with Crippen molar-refractivity contribution < 1.29 is 145 Å². The summed E-state index contributed by atoms with van der Waals surface area (Å²) in [4.78, 5) is 0. The van der Waals surface area contributed by atoms with Gasteiger partial charge in [-0.2, -0.15) is 136 Å². The smallest absolute Gasteiger partial charge is 0.245 e. The van der Waals surface area contributed by atoms with Crippen LogP contribution < -0.4 is 0 Å². The minimum atomic E-state index is -9.19. The summed E-state index contributed by atoms with van der Waals surface area (Å²) in [6, 6.07) is 0. The van der Waals surface area contributed by atoms with E-state index in [0.29, 0.717) is 0 Å². The Bertz CT molecular complexity index is 1240. The van der Waals surface area contributed by atoms with Crippen LogP contribution >= 0.6 is 0 Å². The number of hydrogen-bond donors (Lipinski definition) is 0. The Morgan fingerprint density at radius 2 is 0.489 bits per heavy atom. The Hall–Kier alpha value is -2.13. The molecule has 0 aliphatic rings. The summed E-state index contributed by atoms with van der Waals surface area (Å²) in [6.07, 6.45) is -51.5. The van der Waals surface area contributed by atoms with Gasteiger partial charge >= 0.3 is 87.9 Å². The summed E-state index contributed by atoms with van der Waals surface area (Å²) >= 11 is 0. The van der Waals surface area contributed by atoms with Crippen molar-refractivity contribution >= 4 is 10.1 Å². The van der Waals surface area contributed by atoms with Crippen molar-refractivity contribution in [3.63, 3.8) is 0 Å². The Balaban J connectivity index is 6.86. The van der Waals surface area contributed by atoms with E-state index in [1.807, 2.05) is 0 Å². The van der Waals surface area contributed by atoms with Crippen molar-refractivity contribution in [2.45, 2.75) is 77.8 Å². The molecule has 0 aromatic carbocycles. The molecule has 0 atom stereocenters. The maximum absolute atomic E-state index is 13.5. The van der Waals surface area contributed by atoms with Gasteiger partial charge in [-0.05, 0) is 0 Å². The standard InChI is InChI=1S/C13F28O5S/c14-1(15,7(26,27)28)2(16,17)8(29,30)44-9(31,32)3(18,19)4(20,21)10(33,34)45-11(35,36)5(22,23)6(24,25)12(37,38)46-47(42,43)13(39,40)41. The molecule has 0 radical (unpaired) electrons.